The van der Waals surface area contributed by atoms with Crippen LogP contribution in [-0.4, -0.2) is 19.5 Å². The van der Waals surface area contributed by atoms with E-state index in [4.69, 9.17) is 16.1 Å². The summed E-state index contributed by atoms with van der Waals surface area (Å²) in [6, 6.07) is 4.51. The lowest BCUT2D eigenvalue weighted by molar-refractivity contribution is -0.119. The minimum Gasteiger partial charge on any atom is -0.361 e. The molecule has 9 heteroatoms. The van der Waals surface area contributed by atoms with E-state index in [1.54, 1.807) is 13.0 Å². The van der Waals surface area contributed by atoms with Crippen LogP contribution < -0.4 is 4.72 Å². The van der Waals surface area contributed by atoms with Gasteiger partial charge in [-0.15, -0.1) is 11.3 Å². The number of aromatic nitrogens is 1. The predicted molar refractivity (Wildman–Crippen MR) is 74.2 cm³/mol. The van der Waals surface area contributed by atoms with Gasteiger partial charge in [0.2, 0.25) is 5.91 Å². The molecule has 20 heavy (non-hydrogen) atoms. The van der Waals surface area contributed by atoms with E-state index in [2.05, 4.69) is 5.16 Å². The van der Waals surface area contributed by atoms with Crippen molar-refractivity contribution < 1.29 is 17.7 Å². The number of amides is 1. The minimum absolute atomic E-state index is 0.00428. The van der Waals surface area contributed by atoms with Crippen LogP contribution >= 0.6 is 22.9 Å². The summed E-state index contributed by atoms with van der Waals surface area (Å²) in [5, 5.41) is 3.73. The number of aryl methyl sites for hydroxylation is 2. The average molecular weight is 335 g/mol. The summed E-state index contributed by atoms with van der Waals surface area (Å²) in [4.78, 5) is 11.6. The van der Waals surface area contributed by atoms with Crippen LogP contribution in [0.15, 0.2) is 26.9 Å². The van der Waals surface area contributed by atoms with Crippen molar-refractivity contribution >= 4 is 38.9 Å². The van der Waals surface area contributed by atoms with Gasteiger partial charge in [-0.1, -0.05) is 16.8 Å². The minimum atomic E-state index is -3.85. The first kappa shape index (κ1) is 15.0. The van der Waals surface area contributed by atoms with Crippen molar-refractivity contribution in [2.75, 3.05) is 0 Å². The molecule has 0 aliphatic rings. The Balaban J connectivity index is 1.94. The fourth-order valence-corrected chi connectivity index (χ4v) is 3.97. The van der Waals surface area contributed by atoms with E-state index < -0.39 is 15.9 Å². The fourth-order valence-electron chi connectivity index (χ4n) is 1.47. The highest BCUT2D eigenvalue weighted by Crippen LogP contribution is 2.25. The lowest BCUT2D eigenvalue weighted by atomic mass is 10.2. The van der Waals surface area contributed by atoms with Crippen LogP contribution in [0.1, 0.15) is 17.9 Å². The quantitative estimate of drug-likeness (QED) is 0.904. The summed E-state index contributed by atoms with van der Waals surface area (Å²) in [6.07, 6.45) is 0.314. The van der Waals surface area contributed by atoms with Gasteiger partial charge in [-0.05, 0) is 19.1 Å². The molecule has 2 rings (SSSR count). The van der Waals surface area contributed by atoms with E-state index in [1.807, 2.05) is 4.72 Å². The molecular formula is C11H11ClN2O4S2. The Morgan fingerprint density at radius 1 is 1.50 bits per heavy atom. The first-order valence-electron chi connectivity index (χ1n) is 5.60. The second kappa shape index (κ2) is 5.94. The third-order valence-electron chi connectivity index (χ3n) is 2.35. The molecule has 0 saturated carbocycles. The normalized spacial score (nSPS) is 11.5. The summed E-state index contributed by atoms with van der Waals surface area (Å²) in [6.45, 7) is 1.74. The van der Waals surface area contributed by atoms with Crippen molar-refractivity contribution in [1.82, 2.24) is 9.88 Å². The number of rotatable bonds is 5. The molecule has 1 N–H and O–H groups in total. The van der Waals surface area contributed by atoms with Gasteiger partial charge < -0.3 is 4.52 Å². The van der Waals surface area contributed by atoms with Crippen molar-refractivity contribution in [2.24, 2.45) is 0 Å². The maximum atomic E-state index is 11.9. The van der Waals surface area contributed by atoms with Crippen LogP contribution in [0.3, 0.4) is 0 Å². The maximum Gasteiger partial charge on any atom is 0.273 e. The zero-order chi connectivity index (χ0) is 14.8. The smallest absolute Gasteiger partial charge is 0.273 e. The van der Waals surface area contributed by atoms with Gasteiger partial charge in [-0.2, -0.15) is 0 Å². The summed E-state index contributed by atoms with van der Waals surface area (Å²) < 4.78 is 30.9. The second-order valence-electron chi connectivity index (χ2n) is 4.02. The van der Waals surface area contributed by atoms with E-state index in [0.29, 0.717) is 22.2 Å². The topological polar surface area (TPSA) is 89.3 Å². The third-order valence-corrected chi connectivity index (χ3v) is 5.44. The number of carbonyl (C=O) groups excluding carboxylic acids is 1. The monoisotopic (exact) mass is 334 g/mol. The van der Waals surface area contributed by atoms with Crippen LogP contribution in [-0.2, 0) is 21.2 Å². The molecular weight excluding hydrogens is 324 g/mol. The van der Waals surface area contributed by atoms with Gasteiger partial charge >= 0.3 is 0 Å². The molecule has 0 unspecified atom stereocenters. The Morgan fingerprint density at radius 3 is 2.80 bits per heavy atom. The third kappa shape index (κ3) is 3.81. The molecule has 0 radical (unpaired) electrons. The van der Waals surface area contributed by atoms with E-state index in [0.717, 1.165) is 11.3 Å². The number of carbonyl (C=O) groups is 1. The van der Waals surface area contributed by atoms with Crippen molar-refractivity contribution in [3.63, 3.8) is 0 Å². The van der Waals surface area contributed by atoms with Gasteiger partial charge in [-0.25, -0.2) is 13.1 Å². The number of hydrogen-bond acceptors (Lipinski definition) is 6. The molecule has 0 spiro atoms. The molecule has 0 fully saturated rings. The number of halogens is 1. The van der Waals surface area contributed by atoms with Crippen molar-refractivity contribution in [3.05, 3.63) is 34.0 Å². The van der Waals surface area contributed by atoms with E-state index in [9.17, 15) is 13.2 Å². The Hall–Kier alpha value is -1.38. The number of sulfonamides is 1. The lowest BCUT2D eigenvalue weighted by Gasteiger charge is -2.03. The first-order chi connectivity index (χ1) is 9.37. The molecule has 2 aromatic heterocycles. The first-order valence-corrected chi connectivity index (χ1v) is 8.28. The number of thiophene rings is 1. The molecule has 1 amide bonds. The highest BCUT2D eigenvalue weighted by Gasteiger charge is 2.19. The highest BCUT2D eigenvalue weighted by atomic mass is 35.5. The standard InChI is InChI=1S/C11H11ClN2O4S2/c1-7-6-8(13-18-7)2-4-10(15)14-20(16,17)11-5-3-9(12)19-11/h3,5-6H,2,4H2,1H3,(H,14,15). The lowest BCUT2D eigenvalue weighted by Crippen LogP contribution is -2.30. The zero-order valence-electron chi connectivity index (χ0n) is 10.4. The Bertz CT molecular complexity index is 720. The number of hydrogen-bond donors (Lipinski definition) is 1. The van der Waals surface area contributed by atoms with Crippen LogP contribution in [0.25, 0.3) is 0 Å². The van der Waals surface area contributed by atoms with E-state index in [1.165, 1.54) is 12.1 Å². The zero-order valence-corrected chi connectivity index (χ0v) is 12.8. The fraction of sp³-hybridized carbons (Fsp3) is 0.273. The molecule has 2 heterocycles. The molecule has 0 aliphatic carbocycles. The van der Waals surface area contributed by atoms with Gasteiger partial charge in [0.25, 0.3) is 10.0 Å². The van der Waals surface area contributed by atoms with Gasteiger partial charge in [0.05, 0.1) is 10.0 Å². The van der Waals surface area contributed by atoms with Gasteiger partial charge in [0, 0.05) is 18.9 Å². The summed E-state index contributed by atoms with van der Waals surface area (Å²) >= 11 is 6.56. The van der Waals surface area contributed by atoms with Crippen molar-refractivity contribution in [3.8, 4) is 0 Å². The molecule has 0 aromatic carbocycles. The summed E-state index contributed by atoms with van der Waals surface area (Å²) in [5.74, 6) is 0.0384. The second-order valence-corrected chi connectivity index (χ2v) is 7.64. The van der Waals surface area contributed by atoms with Crippen LogP contribution in [0.2, 0.25) is 4.34 Å². The van der Waals surface area contributed by atoms with Crippen molar-refractivity contribution in [2.45, 2.75) is 24.0 Å². The molecule has 0 aliphatic heterocycles. The van der Waals surface area contributed by atoms with E-state index in [-0.39, 0.29) is 10.6 Å². The highest BCUT2D eigenvalue weighted by molar-refractivity contribution is 7.92. The summed E-state index contributed by atoms with van der Waals surface area (Å²) in [7, 11) is -3.85. The Kier molecular flexibility index (Phi) is 4.46. The van der Waals surface area contributed by atoms with Crippen LogP contribution in [0.4, 0.5) is 0 Å². The maximum absolute atomic E-state index is 11.9. The SMILES string of the molecule is Cc1cc(CCC(=O)NS(=O)(=O)c2ccc(Cl)s2)no1. The number of nitrogens with one attached hydrogen (secondary N) is 1. The number of nitrogens with zero attached hydrogens (tertiary/aromatic N) is 1. The van der Waals surface area contributed by atoms with Crippen molar-refractivity contribution in [1.29, 1.82) is 0 Å². The Morgan fingerprint density at radius 2 is 2.25 bits per heavy atom. The molecule has 0 saturated heterocycles. The average Bonchev–Trinajstić information content (AvgIpc) is 2.95. The predicted octanol–water partition coefficient (Wildman–Crippen LogP) is 2.14. The van der Waals surface area contributed by atoms with Crippen LogP contribution in [0, 0.1) is 6.92 Å². The molecule has 2 aromatic rings. The molecule has 6 nitrogen and oxygen atoms in total. The summed E-state index contributed by atoms with van der Waals surface area (Å²) in [5.41, 5.74) is 0.606. The molecule has 0 bridgehead atoms. The van der Waals surface area contributed by atoms with Gasteiger partial charge in [0.1, 0.15) is 9.97 Å². The molecule has 108 valence electrons. The van der Waals surface area contributed by atoms with Gasteiger partial charge in [0.15, 0.2) is 0 Å². The molecule has 0 atom stereocenters. The Labute approximate surface area is 124 Å². The van der Waals surface area contributed by atoms with Gasteiger partial charge in [-0.3, -0.25) is 4.79 Å². The largest absolute Gasteiger partial charge is 0.361 e. The van der Waals surface area contributed by atoms with Crippen LogP contribution in [0.5, 0.6) is 0 Å². The van der Waals surface area contributed by atoms with E-state index >= 15 is 0 Å².